The fraction of sp³-hybridized carbons (Fsp3) is 0.333. The molecule has 6 nitrogen and oxygen atoms in total. The summed E-state index contributed by atoms with van der Waals surface area (Å²) in [6.45, 7) is 1.47. The molecule has 0 aliphatic rings. The van der Waals surface area contributed by atoms with E-state index in [4.69, 9.17) is 4.74 Å². The number of esters is 2. The summed E-state index contributed by atoms with van der Waals surface area (Å²) in [6.07, 6.45) is 0.559. The highest BCUT2D eigenvalue weighted by Crippen LogP contribution is 2.27. The lowest BCUT2D eigenvalue weighted by Crippen LogP contribution is -2.26. The van der Waals surface area contributed by atoms with Crippen LogP contribution in [0.25, 0.3) is 10.2 Å². The van der Waals surface area contributed by atoms with E-state index in [1.165, 1.54) is 43.5 Å². The molecule has 0 spiro atoms. The summed E-state index contributed by atoms with van der Waals surface area (Å²) < 4.78 is 9.42. The molecular formula is C12H12N2O4S2. The minimum absolute atomic E-state index is 0.0727. The van der Waals surface area contributed by atoms with E-state index >= 15 is 0 Å². The first-order valence-electron chi connectivity index (χ1n) is 5.70. The minimum Gasteiger partial charge on any atom is -0.466 e. The Morgan fingerprint density at radius 2 is 2.25 bits per heavy atom. The van der Waals surface area contributed by atoms with Gasteiger partial charge in [0.2, 0.25) is 0 Å². The SMILES string of the molecule is COC(=O)[C@H](C)OC(=O)CSc1ncnc2sccc12. The van der Waals surface area contributed by atoms with Gasteiger partial charge in [0, 0.05) is 5.39 Å². The number of rotatable bonds is 5. The molecule has 20 heavy (non-hydrogen) atoms. The number of hydrogen-bond acceptors (Lipinski definition) is 8. The molecule has 0 aliphatic heterocycles. The highest BCUT2D eigenvalue weighted by atomic mass is 32.2. The summed E-state index contributed by atoms with van der Waals surface area (Å²) in [7, 11) is 1.25. The number of fused-ring (bicyclic) bond motifs is 1. The second kappa shape index (κ2) is 6.67. The van der Waals surface area contributed by atoms with Crippen molar-refractivity contribution in [2.45, 2.75) is 18.1 Å². The molecule has 0 aromatic carbocycles. The summed E-state index contributed by atoms with van der Waals surface area (Å²) in [5.41, 5.74) is 0. The Hall–Kier alpha value is -1.67. The highest BCUT2D eigenvalue weighted by molar-refractivity contribution is 8.00. The summed E-state index contributed by atoms with van der Waals surface area (Å²) in [6, 6.07) is 1.91. The summed E-state index contributed by atoms with van der Waals surface area (Å²) in [5, 5.41) is 3.55. The Labute approximate surface area is 123 Å². The second-order valence-corrected chi connectivity index (χ2v) is 5.62. The predicted molar refractivity (Wildman–Crippen MR) is 75.7 cm³/mol. The van der Waals surface area contributed by atoms with Crippen molar-refractivity contribution in [3.8, 4) is 0 Å². The van der Waals surface area contributed by atoms with Crippen molar-refractivity contribution in [1.29, 1.82) is 0 Å². The number of methoxy groups -OCH3 is 1. The fourth-order valence-corrected chi connectivity index (χ4v) is 3.02. The number of aromatic nitrogens is 2. The fourth-order valence-electron chi connectivity index (χ4n) is 1.45. The third-order valence-corrected chi connectivity index (χ3v) is 4.19. The van der Waals surface area contributed by atoms with Crippen LogP contribution in [0.2, 0.25) is 0 Å². The van der Waals surface area contributed by atoms with Crippen molar-refractivity contribution >= 4 is 45.3 Å². The van der Waals surface area contributed by atoms with E-state index in [0.29, 0.717) is 0 Å². The quantitative estimate of drug-likeness (QED) is 0.474. The maximum atomic E-state index is 11.6. The standard InChI is InChI=1S/C12H12N2O4S2/c1-7(12(16)17-2)18-9(15)5-20-11-8-3-4-19-10(8)13-6-14-11/h3-4,6-7H,5H2,1-2H3/t7-/m0/s1. The monoisotopic (exact) mass is 312 g/mol. The normalized spacial score (nSPS) is 12.1. The molecule has 2 aromatic rings. The maximum absolute atomic E-state index is 11.6. The van der Waals surface area contributed by atoms with Gasteiger partial charge in [0.25, 0.3) is 0 Å². The molecule has 0 fully saturated rings. The third-order valence-electron chi connectivity index (χ3n) is 2.39. The number of ether oxygens (including phenoxy) is 2. The Morgan fingerprint density at radius 3 is 3.00 bits per heavy atom. The van der Waals surface area contributed by atoms with Gasteiger partial charge < -0.3 is 9.47 Å². The first kappa shape index (κ1) is 14.7. The molecule has 0 saturated heterocycles. The molecule has 2 aromatic heterocycles. The van der Waals surface area contributed by atoms with Crippen LogP contribution in [0.5, 0.6) is 0 Å². The van der Waals surface area contributed by atoms with Gasteiger partial charge in [-0.2, -0.15) is 0 Å². The number of thioether (sulfide) groups is 1. The Kier molecular flexibility index (Phi) is 4.91. The van der Waals surface area contributed by atoms with Gasteiger partial charge in [-0.05, 0) is 18.4 Å². The topological polar surface area (TPSA) is 78.4 Å². The lowest BCUT2D eigenvalue weighted by atomic mass is 10.4. The molecule has 0 amide bonds. The van der Waals surface area contributed by atoms with Crippen molar-refractivity contribution in [2.75, 3.05) is 12.9 Å². The van der Waals surface area contributed by atoms with Crippen LogP contribution >= 0.6 is 23.1 Å². The predicted octanol–water partition coefficient (Wildman–Crippen LogP) is 1.89. The number of nitrogens with zero attached hydrogens (tertiary/aromatic N) is 2. The molecular weight excluding hydrogens is 300 g/mol. The second-order valence-electron chi connectivity index (χ2n) is 3.76. The van der Waals surface area contributed by atoms with E-state index in [9.17, 15) is 9.59 Å². The summed E-state index contributed by atoms with van der Waals surface area (Å²) in [4.78, 5) is 31.9. The molecule has 0 unspecified atom stereocenters. The van der Waals surface area contributed by atoms with E-state index in [-0.39, 0.29) is 5.75 Å². The van der Waals surface area contributed by atoms with Gasteiger partial charge >= 0.3 is 11.9 Å². The zero-order valence-corrected chi connectivity index (χ0v) is 12.5. The molecule has 2 rings (SSSR count). The maximum Gasteiger partial charge on any atom is 0.346 e. The van der Waals surface area contributed by atoms with E-state index in [1.54, 1.807) is 0 Å². The Morgan fingerprint density at radius 1 is 1.45 bits per heavy atom. The van der Waals surface area contributed by atoms with E-state index in [1.807, 2.05) is 11.4 Å². The molecule has 2 heterocycles. The minimum atomic E-state index is -0.903. The van der Waals surface area contributed by atoms with Gasteiger partial charge in [0.1, 0.15) is 16.2 Å². The van der Waals surface area contributed by atoms with Gasteiger partial charge in [0.15, 0.2) is 6.10 Å². The van der Waals surface area contributed by atoms with Gasteiger partial charge in [-0.15, -0.1) is 11.3 Å². The van der Waals surface area contributed by atoms with Crippen LogP contribution in [-0.4, -0.2) is 40.9 Å². The van der Waals surface area contributed by atoms with Crippen molar-refractivity contribution in [3.05, 3.63) is 17.8 Å². The average Bonchev–Trinajstić information content (AvgIpc) is 2.92. The molecule has 106 valence electrons. The number of carbonyl (C=O) groups excluding carboxylic acids is 2. The molecule has 8 heteroatoms. The van der Waals surface area contributed by atoms with Gasteiger partial charge in [-0.1, -0.05) is 11.8 Å². The molecule has 0 radical (unpaired) electrons. The third kappa shape index (κ3) is 3.45. The zero-order valence-electron chi connectivity index (χ0n) is 10.9. The molecule has 1 atom stereocenters. The van der Waals surface area contributed by atoms with Crippen LogP contribution in [0.15, 0.2) is 22.8 Å². The van der Waals surface area contributed by atoms with Crippen molar-refractivity contribution in [3.63, 3.8) is 0 Å². The first-order valence-corrected chi connectivity index (χ1v) is 7.56. The lowest BCUT2D eigenvalue weighted by molar-refractivity contribution is -0.162. The lowest BCUT2D eigenvalue weighted by Gasteiger charge is -2.10. The molecule has 0 N–H and O–H groups in total. The molecule has 0 aliphatic carbocycles. The first-order chi connectivity index (χ1) is 9.61. The summed E-state index contributed by atoms with van der Waals surface area (Å²) >= 11 is 2.76. The molecule has 0 bridgehead atoms. The van der Waals surface area contributed by atoms with Crippen LogP contribution in [0.1, 0.15) is 6.92 Å². The van der Waals surface area contributed by atoms with E-state index in [0.717, 1.165) is 15.2 Å². The van der Waals surface area contributed by atoms with E-state index < -0.39 is 18.0 Å². The van der Waals surface area contributed by atoms with Crippen molar-refractivity contribution in [1.82, 2.24) is 9.97 Å². The average molecular weight is 312 g/mol. The van der Waals surface area contributed by atoms with Crippen LogP contribution in [0.3, 0.4) is 0 Å². The Bertz CT molecular complexity index is 629. The van der Waals surface area contributed by atoms with Crippen LogP contribution < -0.4 is 0 Å². The Balaban J connectivity index is 1.93. The summed E-state index contributed by atoms with van der Waals surface area (Å²) in [5.74, 6) is -0.996. The smallest absolute Gasteiger partial charge is 0.346 e. The van der Waals surface area contributed by atoms with Crippen molar-refractivity contribution in [2.24, 2.45) is 0 Å². The number of thiophene rings is 1. The van der Waals surface area contributed by atoms with E-state index in [2.05, 4.69) is 14.7 Å². The highest BCUT2D eigenvalue weighted by Gasteiger charge is 2.18. The van der Waals surface area contributed by atoms with Gasteiger partial charge in [-0.3, -0.25) is 4.79 Å². The van der Waals surface area contributed by atoms with Crippen LogP contribution in [0.4, 0.5) is 0 Å². The number of hydrogen-bond donors (Lipinski definition) is 0. The number of carbonyl (C=O) groups is 2. The van der Waals surface area contributed by atoms with Crippen LogP contribution in [0, 0.1) is 0 Å². The van der Waals surface area contributed by atoms with Gasteiger partial charge in [0.05, 0.1) is 12.9 Å². The van der Waals surface area contributed by atoms with Crippen LogP contribution in [-0.2, 0) is 19.1 Å². The largest absolute Gasteiger partial charge is 0.466 e. The zero-order chi connectivity index (χ0) is 14.5. The van der Waals surface area contributed by atoms with Gasteiger partial charge in [-0.25, -0.2) is 14.8 Å². The molecule has 0 saturated carbocycles. The van der Waals surface area contributed by atoms with Crippen molar-refractivity contribution < 1.29 is 19.1 Å².